The first kappa shape index (κ1) is 12.2. The third-order valence-electron chi connectivity index (χ3n) is 1.99. The fourth-order valence-electron chi connectivity index (χ4n) is 1.10. The lowest BCUT2D eigenvalue weighted by Crippen LogP contribution is -2.22. The van der Waals surface area contributed by atoms with Gasteiger partial charge in [0.25, 0.3) is 0 Å². The molecule has 88 valence electrons. The molecule has 0 spiro atoms. The van der Waals surface area contributed by atoms with E-state index in [2.05, 4.69) is 0 Å². The number of aliphatic carboxylic acids is 1. The number of benzene rings is 1. The maximum atomic E-state index is 10.6. The summed E-state index contributed by atoms with van der Waals surface area (Å²) in [5.74, 6) is 0.465. The van der Waals surface area contributed by atoms with Gasteiger partial charge in [0.05, 0.1) is 14.2 Å². The predicted molar refractivity (Wildman–Crippen MR) is 57.3 cm³/mol. The van der Waals surface area contributed by atoms with Crippen molar-refractivity contribution in [2.45, 2.75) is 13.0 Å². The quantitative estimate of drug-likeness (QED) is 0.825. The van der Waals surface area contributed by atoms with Crippen LogP contribution in [-0.2, 0) is 4.79 Å². The molecule has 0 aliphatic carbocycles. The third kappa shape index (κ3) is 3.05. The zero-order valence-corrected chi connectivity index (χ0v) is 9.39. The Kier molecular flexibility index (Phi) is 3.99. The molecule has 5 heteroatoms. The van der Waals surface area contributed by atoms with Crippen molar-refractivity contribution in [1.29, 1.82) is 0 Å². The van der Waals surface area contributed by atoms with Crippen molar-refractivity contribution in [3.05, 3.63) is 18.2 Å². The van der Waals surface area contributed by atoms with Gasteiger partial charge in [-0.25, -0.2) is 4.79 Å². The van der Waals surface area contributed by atoms with Crippen LogP contribution < -0.4 is 14.2 Å². The highest BCUT2D eigenvalue weighted by atomic mass is 16.5. The highest BCUT2D eigenvalue weighted by molar-refractivity contribution is 5.72. The Balaban J connectivity index is 2.90. The van der Waals surface area contributed by atoms with E-state index in [4.69, 9.17) is 19.3 Å². The summed E-state index contributed by atoms with van der Waals surface area (Å²) in [6.07, 6.45) is -0.920. The summed E-state index contributed by atoms with van der Waals surface area (Å²) in [5.41, 5.74) is 0. The first-order valence-corrected chi connectivity index (χ1v) is 4.69. The van der Waals surface area contributed by atoms with E-state index in [9.17, 15) is 4.79 Å². The summed E-state index contributed by atoms with van der Waals surface area (Å²) in [6.45, 7) is 1.45. The summed E-state index contributed by atoms with van der Waals surface area (Å²) in [7, 11) is 3.03. The van der Waals surface area contributed by atoms with Crippen molar-refractivity contribution >= 4 is 5.97 Å². The summed E-state index contributed by atoms with van der Waals surface area (Å²) in [5, 5.41) is 8.71. The minimum Gasteiger partial charge on any atom is -0.496 e. The maximum Gasteiger partial charge on any atom is 0.344 e. The SMILES string of the molecule is COc1cc(OC)cc(O[C@@H](C)C(=O)O)c1. The van der Waals surface area contributed by atoms with Gasteiger partial charge in [-0.1, -0.05) is 0 Å². The number of methoxy groups -OCH3 is 2. The van der Waals surface area contributed by atoms with Gasteiger partial charge in [-0.15, -0.1) is 0 Å². The predicted octanol–water partition coefficient (Wildman–Crippen LogP) is 1.56. The van der Waals surface area contributed by atoms with Gasteiger partial charge in [-0.05, 0) is 6.92 Å². The first-order valence-electron chi connectivity index (χ1n) is 4.69. The Bertz CT molecular complexity index is 352. The van der Waals surface area contributed by atoms with Crippen LogP contribution in [0.15, 0.2) is 18.2 Å². The van der Waals surface area contributed by atoms with Crippen molar-refractivity contribution in [3.63, 3.8) is 0 Å². The lowest BCUT2D eigenvalue weighted by Gasteiger charge is -2.12. The normalized spacial score (nSPS) is 11.7. The average molecular weight is 226 g/mol. The molecular weight excluding hydrogens is 212 g/mol. The molecule has 0 aliphatic heterocycles. The van der Waals surface area contributed by atoms with Gasteiger partial charge in [0.15, 0.2) is 6.10 Å². The monoisotopic (exact) mass is 226 g/mol. The number of carbonyl (C=O) groups is 1. The molecule has 0 aromatic heterocycles. The van der Waals surface area contributed by atoms with Gasteiger partial charge in [-0.3, -0.25) is 0 Å². The number of carboxylic acids is 1. The minimum absolute atomic E-state index is 0.395. The van der Waals surface area contributed by atoms with E-state index in [0.29, 0.717) is 17.2 Å². The van der Waals surface area contributed by atoms with Crippen molar-refractivity contribution in [3.8, 4) is 17.2 Å². The molecule has 1 atom stereocenters. The van der Waals surface area contributed by atoms with Gasteiger partial charge in [-0.2, -0.15) is 0 Å². The van der Waals surface area contributed by atoms with E-state index in [-0.39, 0.29) is 0 Å². The molecule has 0 radical (unpaired) electrons. The molecule has 0 fully saturated rings. The molecule has 0 bridgehead atoms. The fraction of sp³-hybridized carbons (Fsp3) is 0.364. The molecule has 0 amide bonds. The molecule has 1 aromatic rings. The maximum absolute atomic E-state index is 10.6. The lowest BCUT2D eigenvalue weighted by molar-refractivity contribution is -0.144. The second kappa shape index (κ2) is 5.25. The summed E-state index contributed by atoms with van der Waals surface area (Å²) in [4.78, 5) is 10.6. The van der Waals surface area contributed by atoms with Crippen molar-refractivity contribution < 1.29 is 24.1 Å². The fourth-order valence-corrected chi connectivity index (χ4v) is 1.10. The van der Waals surface area contributed by atoms with Gasteiger partial charge in [0.1, 0.15) is 17.2 Å². The second-order valence-corrected chi connectivity index (χ2v) is 3.15. The van der Waals surface area contributed by atoms with Gasteiger partial charge in [0, 0.05) is 18.2 Å². The van der Waals surface area contributed by atoms with E-state index in [1.54, 1.807) is 18.2 Å². The Hall–Kier alpha value is -1.91. The molecule has 5 nitrogen and oxygen atoms in total. The van der Waals surface area contributed by atoms with E-state index in [0.717, 1.165) is 0 Å². The molecule has 0 saturated heterocycles. The first-order chi connectivity index (χ1) is 7.56. The van der Waals surface area contributed by atoms with Crippen molar-refractivity contribution in [1.82, 2.24) is 0 Å². The standard InChI is InChI=1S/C11H14O5/c1-7(11(12)13)16-10-5-8(14-2)4-9(6-10)15-3/h4-7H,1-3H3,(H,12,13)/t7-/m0/s1. The van der Waals surface area contributed by atoms with Crippen LogP contribution in [0.5, 0.6) is 17.2 Å². The van der Waals surface area contributed by atoms with Crippen molar-refractivity contribution in [2.24, 2.45) is 0 Å². The van der Waals surface area contributed by atoms with Crippen LogP contribution in [0.2, 0.25) is 0 Å². The molecule has 16 heavy (non-hydrogen) atoms. The molecule has 0 aliphatic rings. The highest BCUT2D eigenvalue weighted by Gasteiger charge is 2.13. The number of ether oxygens (including phenoxy) is 3. The summed E-state index contributed by atoms with van der Waals surface area (Å²) in [6, 6.07) is 4.88. The highest BCUT2D eigenvalue weighted by Crippen LogP contribution is 2.27. The Morgan fingerprint density at radius 2 is 1.56 bits per heavy atom. The molecule has 1 N–H and O–H groups in total. The Morgan fingerprint density at radius 3 is 1.94 bits per heavy atom. The third-order valence-corrected chi connectivity index (χ3v) is 1.99. The molecular formula is C11H14O5. The number of carboxylic acid groups (broad SMARTS) is 1. The van der Waals surface area contributed by atoms with Gasteiger partial charge >= 0.3 is 5.97 Å². The zero-order valence-electron chi connectivity index (χ0n) is 9.39. The van der Waals surface area contributed by atoms with Crippen LogP contribution >= 0.6 is 0 Å². The summed E-state index contributed by atoms with van der Waals surface area (Å²) < 4.78 is 15.3. The topological polar surface area (TPSA) is 65.0 Å². The van der Waals surface area contributed by atoms with Crippen LogP contribution in [0.3, 0.4) is 0 Å². The van der Waals surface area contributed by atoms with Crippen LogP contribution in [0.25, 0.3) is 0 Å². The Morgan fingerprint density at radius 1 is 1.12 bits per heavy atom. The summed E-state index contributed by atoms with van der Waals surface area (Å²) >= 11 is 0. The van der Waals surface area contributed by atoms with E-state index >= 15 is 0 Å². The van der Waals surface area contributed by atoms with Crippen LogP contribution in [0.1, 0.15) is 6.92 Å². The molecule has 1 aromatic carbocycles. The van der Waals surface area contributed by atoms with E-state index in [1.165, 1.54) is 21.1 Å². The van der Waals surface area contributed by atoms with Crippen LogP contribution in [-0.4, -0.2) is 31.4 Å². The molecule has 0 unspecified atom stereocenters. The van der Waals surface area contributed by atoms with Crippen LogP contribution in [0, 0.1) is 0 Å². The minimum atomic E-state index is -1.03. The average Bonchev–Trinajstić information content (AvgIpc) is 2.28. The largest absolute Gasteiger partial charge is 0.496 e. The smallest absolute Gasteiger partial charge is 0.344 e. The number of hydrogen-bond donors (Lipinski definition) is 1. The Labute approximate surface area is 93.6 Å². The second-order valence-electron chi connectivity index (χ2n) is 3.15. The number of rotatable bonds is 5. The van der Waals surface area contributed by atoms with Crippen molar-refractivity contribution in [2.75, 3.05) is 14.2 Å². The van der Waals surface area contributed by atoms with Crippen LogP contribution in [0.4, 0.5) is 0 Å². The zero-order chi connectivity index (χ0) is 12.1. The molecule has 0 heterocycles. The number of hydrogen-bond acceptors (Lipinski definition) is 4. The van der Waals surface area contributed by atoms with Gasteiger partial charge in [0.2, 0.25) is 0 Å². The van der Waals surface area contributed by atoms with E-state index in [1.807, 2.05) is 0 Å². The van der Waals surface area contributed by atoms with E-state index < -0.39 is 12.1 Å². The molecule has 1 rings (SSSR count). The van der Waals surface area contributed by atoms with Gasteiger partial charge < -0.3 is 19.3 Å². The molecule has 0 saturated carbocycles. The lowest BCUT2D eigenvalue weighted by atomic mass is 10.3.